The predicted octanol–water partition coefficient (Wildman–Crippen LogP) is 2.13. The van der Waals surface area contributed by atoms with Crippen molar-refractivity contribution >= 4 is 23.5 Å². The molecule has 2 aromatic rings. The Balaban J connectivity index is 1.47. The van der Waals surface area contributed by atoms with Gasteiger partial charge in [-0.25, -0.2) is 9.97 Å². The fraction of sp³-hybridized carbons (Fsp3) is 0.500. The van der Waals surface area contributed by atoms with Gasteiger partial charge in [0.1, 0.15) is 13.2 Å². The van der Waals surface area contributed by atoms with Crippen LogP contribution >= 0.6 is 0 Å². The van der Waals surface area contributed by atoms with Crippen molar-refractivity contribution in [2.24, 2.45) is 11.8 Å². The van der Waals surface area contributed by atoms with E-state index in [4.69, 9.17) is 9.47 Å². The summed E-state index contributed by atoms with van der Waals surface area (Å²) in [5, 5.41) is 0. The van der Waals surface area contributed by atoms with Crippen LogP contribution in [0, 0.1) is 11.8 Å². The first-order chi connectivity index (χ1) is 14.3. The van der Waals surface area contributed by atoms with Gasteiger partial charge in [0.25, 0.3) is 0 Å². The van der Waals surface area contributed by atoms with E-state index in [-0.39, 0.29) is 60.2 Å². The van der Waals surface area contributed by atoms with Crippen LogP contribution in [0.3, 0.4) is 0 Å². The van der Waals surface area contributed by atoms with E-state index >= 15 is 0 Å². The number of aromatic amines is 2. The molecule has 2 N–H and O–H groups in total. The zero-order valence-electron chi connectivity index (χ0n) is 16.9. The number of nitrogens with zero attached hydrogens (tertiary/aromatic N) is 2. The van der Waals surface area contributed by atoms with Crippen molar-refractivity contribution < 1.29 is 28.7 Å². The molecule has 2 heterocycles. The number of carbonyl (C=O) groups is 4. The minimum atomic E-state index is -0.390. The molecule has 1 unspecified atom stereocenters. The van der Waals surface area contributed by atoms with Crippen LogP contribution in [0.25, 0.3) is 0 Å². The normalized spacial score (nSPS) is 18.6. The molecule has 0 amide bonds. The summed E-state index contributed by atoms with van der Waals surface area (Å²) < 4.78 is 10.6. The van der Waals surface area contributed by atoms with Crippen molar-refractivity contribution in [3.8, 4) is 0 Å². The third kappa shape index (κ3) is 5.40. The summed E-state index contributed by atoms with van der Waals surface area (Å²) in [7, 11) is 0. The summed E-state index contributed by atoms with van der Waals surface area (Å²) in [5.74, 6) is -1.52. The largest absolute Gasteiger partial charge is 0.459 e. The number of imidazole rings is 2. The Bertz CT molecular complexity index is 873. The Kier molecular flexibility index (Phi) is 6.76. The number of carbonyl (C=O) groups excluding carboxylic acids is 4. The molecule has 1 aliphatic rings. The van der Waals surface area contributed by atoms with E-state index in [2.05, 4.69) is 19.9 Å². The van der Waals surface area contributed by atoms with Gasteiger partial charge in [-0.05, 0) is 19.3 Å². The summed E-state index contributed by atoms with van der Waals surface area (Å²) >= 11 is 0. The van der Waals surface area contributed by atoms with Gasteiger partial charge in [0.2, 0.25) is 0 Å². The van der Waals surface area contributed by atoms with Gasteiger partial charge in [-0.15, -0.1) is 0 Å². The van der Waals surface area contributed by atoms with Crippen LogP contribution in [0.1, 0.15) is 72.2 Å². The molecular weight excluding hydrogens is 392 g/mol. The number of rotatable bonds is 8. The van der Waals surface area contributed by atoms with Gasteiger partial charge in [0.05, 0.1) is 29.4 Å². The molecule has 0 saturated heterocycles. The first-order valence-electron chi connectivity index (χ1n) is 9.76. The first-order valence-corrected chi connectivity index (χ1v) is 9.76. The molecule has 1 aliphatic carbocycles. The molecule has 1 saturated carbocycles. The number of ether oxygens (including phenoxy) is 2. The van der Waals surface area contributed by atoms with E-state index in [0.29, 0.717) is 30.7 Å². The maximum Gasteiger partial charge on any atom is 0.309 e. The maximum absolute atomic E-state index is 12.4. The number of ketones is 2. The molecule has 0 aliphatic heterocycles. The summed E-state index contributed by atoms with van der Waals surface area (Å²) in [6.07, 6.45) is 5.35. The standard InChI is InChI=1S/C20H24N4O6/c1-11(25)17-21-7-15(23-17)9-29-19(27)13-4-3-5-14(6-13)20(28)30-10-16-8-22-18(24-16)12(2)26/h7-8,13-14H,3-6,9-10H2,1-2H3,(H,21,23)(H,22,24)/t13-,14?/m1/s1. The Labute approximate surface area is 172 Å². The Morgan fingerprint density at radius 3 is 2.20 bits per heavy atom. The van der Waals surface area contributed by atoms with E-state index < -0.39 is 0 Å². The number of hydrogen-bond donors (Lipinski definition) is 2. The third-order valence-corrected chi connectivity index (χ3v) is 5.00. The molecule has 10 nitrogen and oxygen atoms in total. The van der Waals surface area contributed by atoms with Crippen LogP contribution < -0.4 is 0 Å². The summed E-state index contributed by atoms with van der Waals surface area (Å²) in [4.78, 5) is 60.8. The number of Topliss-reactive ketones (excluding diaryl/α,β-unsaturated/α-hetero) is 2. The van der Waals surface area contributed by atoms with Gasteiger partial charge < -0.3 is 19.4 Å². The minimum absolute atomic E-state index is 0.0115. The predicted molar refractivity (Wildman–Crippen MR) is 102 cm³/mol. The van der Waals surface area contributed by atoms with Crippen molar-refractivity contribution in [1.29, 1.82) is 0 Å². The number of esters is 2. The zero-order valence-corrected chi connectivity index (χ0v) is 16.9. The lowest BCUT2D eigenvalue weighted by molar-refractivity contribution is -0.156. The summed E-state index contributed by atoms with van der Waals surface area (Å²) in [6, 6.07) is 0. The molecule has 0 bridgehead atoms. The Morgan fingerprint density at radius 2 is 1.63 bits per heavy atom. The van der Waals surface area contributed by atoms with Crippen molar-refractivity contribution in [1.82, 2.24) is 19.9 Å². The molecular formula is C20H24N4O6. The molecule has 30 heavy (non-hydrogen) atoms. The molecule has 10 heteroatoms. The average Bonchev–Trinajstić information content (AvgIpc) is 3.40. The van der Waals surface area contributed by atoms with Gasteiger partial charge in [0, 0.05) is 20.0 Å². The first kappa shape index (κ1) is 21.4. The van der Waals surface area contributed by atoms with Crippen molar-refractivity contribution in [2.45, 2.75) is 52.7 Å². The van der Waals surface area contributed by atoms with Crippen LogP contribution in [-0.4, -0.2) is 43.4 Å². The monoisotopic (exact) mass is 416 g/mol. The number of hydrogen-bond acceptors (Lipinski definition) is 8. The van der Waals surface area contributed by atoms with Gasteiger partial charge in [-0.2, -0.15) is 0 Å². The average molecular weight is 416 g/mol. The van der Waals surface area contributed by atoms with Gasteiger partial charge >= 0.3 is 11.9 Å². The summed E-state index contributed by atoms with van der Waals surface area (Å²) in [5.41, 5.74) is 0.994. The van der Waals surface area contributed by atoms with Crippen LogP contribution in [0.15, 0.2) is 12.4 Å². The van der Waals surface area contributed by atoms with Gasteiger partial charge in [0.15, 0.2) is 23.2 Å². The zero-order chi connectivity index (χ0) is 21.7. The lowest BCUT2D eigenvalue weighted by Gasteiger charge is -2.26. The van der Waals surface area contributed by atoms with Crippen molar-refractivity contribution in [3.05, 3.63) is 35.4 Å². The van der Waals surface area contributed by atoms with E-state index in [0.717, 1.165) is 6.42 Å². The molecule has 1 fully saturated rings. The fourth-order valence-electron chi connectivity index (χ4n) is 3.37. The number of H-pyrrole nitrogens is 2. The molecule has 3 rings (SSSR count). The van der Waals surface area contributed by atoms with Gasteiger partial charge in [-0.1, -0.05) is 6.42 Å². The molecule has 0 aromatic carbocycles. The number of aromatic nitrogens is 4. The van der Waals surface area contributed by atoms with Crippen LogP contribution in [0.5, 0.6) is 0 Å². The highest BCUT2D eigenvalue weighted by atomic mass is 16.5. The van der Waals surface area contributed by atoms with Crippen molar-refractivity contribution in [2.75, 3.05) is 0 Å². The molecule has 0 spiro atoms. The highest BCUT2D eigenvalue weighted by molar-refractivity contribution is 5.90. The van der Waals surface area contributed by atoms with Crippen LogP contribution in [0.2, 0.25) is 0 Å². The van der Waals surface area contributed by atoms with E-state index in [1.165, 1.54) is 26.2 Å². The van der Waals surface area contributed by atoms with E-state index in [9.17, 15) is 19.2 Å². The molecule has 2 aromatic heterocycles. The highest BCUT2D eigenvalue weighted by Crippen LogP contribution is 2.31. The van der Waals surface area contributed by atoms with Crippen molar-refractivity contribution in [3.63, 3.8) is 0 Å². The lowest BCUT2D eigenvalue weighted by atomic mass is 9.81. The lowest BCUT2D eigenvalue weighted by Crippen LogP contribution is -2.29. The van der Waals surface area contributed by atoms with Crippen LogP contribution in [0.4, 0.5) is 0 Å². The maximum atomic E-state index is 12.4. The topological polar surface area (TPSA) is 144 Å². The summed E-state index contributed by atoms with van der Waals surface area (Å²) in [6.45, 7) is 2.74. The minimum Gasteiger partial charge on any atom is -0.459 e. The third-order valence-electron chi connectivity index (χ3n) is 5.00. The second-order valence-electron chi connectivity index (χ2n) is 7.39. The SMILES string of the molecule is CC(=O)c1nc(COC(=O)[C@@H]2CCCC(C(=O)OCc3cnc(C(C)=O)[nH]3)C2)c[nH]1. The van der Waals surface area contributed by atoms with E-state index in [1.54, 1.807) is 0 Å². The molecule has 0 radical (unpaired) electrons. The number of nitrogens with one attached hydrogen (secondary N) is 2. The highest BCUT2D eigenvalue weighted by Gasteiger charge is 2.33. The van der Waals surface area contributed by atoms with Gasteiger partial charge in [-0.3, -0.25) is 19.2 Å². The quantitative estimate of drug-likeness (QED) is 0.492. The smallest absolute Gasteiger partial charge is 0.309 e. The fourth-order valence-corrected chi connectivity index (χ4v) is 3.37. The molecule has 160 valence electrons. The molecule has 2 atom stereocenters. The Hall–Kier alpha value is -3.30. The Morgan fingerprint density at radius 1 is 1.00 bits per heavy atom. The van der Waals surface area contributed by atoms with E-state index in [1.807, 2.05) is 0 Å². The van der Waals surface area contributed by atoms with Crippen LogP contribution in [-0.2, 0) is 32.3 Å². The second-order valence-corrected chi connectivity index (χ2v) is 7.39. The second kappa shape index (κ2) is 9.47.